The van der Waals surface area contributed by atoms with Crippen LogP contribution in [0.5, 0.6) is 0 Å². The first-order valence-electron chi connectivity index (χ1n) is 15.7. The second kappa shape index (κ2) is 12.6. The summed E-state index contributed by atoms with van der Waals surface area (Å²) in [6.45, 7) is 2.98. The maximum atomic E-state index is 12.6. The van der Waals surface area contributed by atoms with Crippen molar-refractivity contribution in [1.29, 1.82) is 0 Å². The van der Waals surface area contributed by atoms with Crippen LogP contribution in [0.2, 0.25) is 0 Å². The summed E-state index contributed by atoms with van der Waals surface area (Å²) in [6.07, 6.45) is 11.0. The number of nitrogens with one attached hydrogen (secondary N) is 1. The van der Waals surface area contributed by atoms with Crippen LogP contribution in [0.3, 0.4) is 0 Å². The zero-order valence-electron chi connectivity index (χ0n) is 25.9. The summed E-state index contributed by atoms with van der Waals surface area (Å²) in [7, 11) is 0. The molecule has 1 atom stereocenters. The van der Waals surface area contributed by atoms with Crippen LogP contribution >= 0.6 is 11.8 Å². The van der Waals surface area contributed by atoms with E-state index in [0.29, 0.717) is 41.1 Å². The quantitative estimate of drug-likeness (QED) is 0.247. The van der Waals surface area contributed by atoms with E-state index in [-0.39, 0.29) is 4.91 Å². The Bertz CT molecular complexity index is 2200. The molecule has 3 fully saturated rings. The Morgan fingerprint density at radius 3 is 2.10 bits per heavy atom. The molecule has 49 heavy (non-hydrogen) atoms. The minimum atomic E-state index is -0.958. The van der Waals surface area contributed by atoms with E-state index in [0.717, 1.165) is 65.9 Å². The van der Waals surface area contributed by atoms with Crippen LogP contribution in [0.1, 0.15) is 24.0 Å². The van der Waals surface area contributed by atoms with E-state index in [1.807, 2.05) is 30.3 Å². The zero-order valence-corrected chi connectivity index (χ0v) is 26.7. The molecule has 6 heterocycles. The van der Waals surface area contributed by atoms with Crippen LogP contribution in [-0.4, -0.2) is 84.3 Å². The molecule has 3 saturated heterocycles. The molecule has 15 heteroatoms. The molecular formula is C34H28N10O4S. The molecule has 8 rings (SSSR count). The Hall–Kier alpha value is -5.96. The van der Waals surface area contributed by atoms with E-state index < -0.39 is 23.2 Å². The molecule has 2 aromatic carbocycles. The average molecular weight is 673 g/mol. The number of piperazine rings is 1. The van der Waals surface area contributed by atoms with Crippen molar-refractivity contribution in [2.75, 3.05) is 40.9 Å². The summed E-state index contributed by atoms with van der Waals surface area (Å²) >= 11 is 0.833. The number of carboxylic acid groups (broad SMARTS) is 1. The van der Waals surface area contributed by atoms with Crippen LogP contribution in [0.4, 0.5) is 22.4 Å². The number of carbonyl (C=O) groups excluding carboxylic acids is 2. The third kappa shape index (κ3) is 5.88. The largest absolute Gasteiger partial charge is 0.480 e. The van der Waals surface area contributed by atoms with Gasteiger partial charge in [0.1, 0.15) is 30.3 Å². The van der Waals surface area contributed by atoms with Gasteiger partial charge in [-0.25, -0.2) is 34.7 Å². The summed E-state index contributed by atoms with van der Waals surface area (Å²) in [4.78, 5) is 69.8. The van der Waals surface area contributed by atoms with Gasteiger partial charge in [0.05, 0.1) is 15.9 Å². The maximum absolute atomic E-state index is 12.6. The summed E-state index contributed by atoms with van der Waals surface area (Å²) in [5, 5.41) is 13.6. The Labute approximate surface area is 283 Å². The highest BCUT2D eigenvalue weighted by atomic mass is 32.2. The highest BCUT2D eigenvalue weighted by Crippen LogP contribution is 2.38. The number of imide groups is 1. The van der Waals surface area contributed by atoms with Gasteiger partial charge in [-0.05, 0) is 78.2 Å². The van der Waals surface area contributed by atoms with E-state index >= 15 is 0 Å². The molecular weight excluding hydrogens is 645 g/mol. The molecule has 0 bridgehead atoms. The fraction of sp³-hybridized carbons (Fsp3) is 0.206. The highest BCUT2D eigenvalue weighted by Gasteiger charge is 2.36. The van der Waals surface area contributed by atoms with E-state index in [1.165, 1.54) is 6.33 Å². The third-order valence-electron chi connectivity index (χ3n) is 8.77. The molecule has 0 saturated carbocycles. The normalized spacial score (nSPS) is 19.8. The molecule has 5 aromatic rings. The van der Waals surface area contributed by atoms with Gasteiger partial charge in [-0.15, -0.1) is 0 Å². The first-order chi connectivity index (χ1) is 23.9. The number of aliphatic carboxylic acids is 1. The predicted octanol–water partition coefficient (Wildman–Crippen LogP) is 4.11. The number of rotatable bonds is 6. The highest BCUT2D eigenvalue weighted by molar-refractivity contribution is 8.18. The number of anilines is 3. The Morgan fingerprint density at radius 2 is 1.45 bits per heavy atom. The van der Waals surface area contributed by atoms with Crippen molar-refractivity contribution in [3.05, 3.63) is 89.2 Å². The van der Waals surface area contributed by atoms with Crippen molar-refractivity contribution in [1.82, 2.24) is 35.2 Å². The number of nitrogens with zero attached hydrogens (tertiary/aromatic N) is 9. The van der Waals surface area contributed by atoms with Crippen LogP contribution < -0.4 is 20.0 Å². The maximum Gasteiger partial charge on any atom is 0.326 e. The lowest BCUT2D eigenvalue weighted by molar-refractivity contribution is -0.138. The fourth-order valence-electron chi connectivity index (χ4n) is 6.48. The van der Waals surface area contributed by atoms with Gasteiger partial charge in [0.15, 0.2) is 0 Å². The zero-order chi connectivity index (χ0) is 33.5. The number of hydrogen-bond acceptors (Lipinski definition) is 13. The van der Waals surface area contributed by atoms with Crippen molar-refractivity contribution in [3.8, 4) is 0 Å². The standard InChI is InChI=1S/C34H28N10O4S/c45-31-28(49-34(48)41-31)17-21-3-6-26-24(16-21)30(40-19-38-26)44-22(4-7-27(44)32(46)47)14-20-2-5-25-23(15-20)29(39-18-37-25)42-10-12-43(13-11-42)33-35-8-1-9-36-33/h1-3,5-6,8-9,14-19,27H,4,7,10-13H2,(H,46,47)(H,41,45,48)/t27-/m0/s1. The molecule has 14 nitrogen and oxygen atoms in total. The summed E-state index contributed by atoms with van der Waals surface area (Å²) < 4.78 is 0. The lowest BCUT2D eigenvalue weighted by Gasteiger charge is -2.35. The number of carboxylic acids is 1. The van der Waals surface area contributed by atoms with Crippen LogP contribution in [0.25, 0.3) is 34.0 Å². The van der Waals surface area contributed by atoms with Gasteiger partial charge >= 0.3 is 5.97 Å². The SMILES string of the molecule is O=C1NC(=O)C(=Cc2ccc3ncnc(N4C(=Cc5ccc6ncnc(N7CCN(c8ncccn8)CC7)c6c5)CC[C@H]4C(=O)O)c3c2)S1. The number of allylic oxidation sites excluding steroid dienone is 1. The second-order valence-corrected chi connectivity index (χ2v) is 12.7. The van der Waals surface area contributed by atoms with Gasteiger partial charge in [0, 0.05) is 55.0 Å². The summed E-state index contributed by atoms with van der Waals surface area (Å²) in [6, 6.07) is 12.3. The first-order valence-corrected chi connectivity index (χ1v) is 16.5. The molecule has 3 aliphatic rings. The molecule has 0 spiro atoms. The second-order valence-electron chi connectivity index (χ2n) is 11.7. The van der Waals surface area contributed by atoms with Gasteiger partial charge in [-0.1, -0.05) is 12.1 Å². The average Bonchev–Trinajstić information content (AvgIpc) is 3.69. The van der Waals surface area contributed by atoms with E-state index in [2.05, 4.69) is 45.0 Å². The first kappa shape index (κ1) is 30.4. The van der Waals surface area contributed by atoms with Crippen LogP contribution in [0.15, 0.2) is 78.1 Å². The number of benzene rings is 2. The van der Waals surface area contributed by atoms with Gasteiger partial charge in [-0.2, -0.15) is 0 Å². The molecule has 0 radical (unpaired) electrons. The smallest absolute Gasteiger partial charge is 0.326 e. The van der Waals surface area contributed by atoms with Gasteiger partial charge in [0.25, 0.3) is 11.1 Å². The minimum absolute atomic E-state index is 0.277. The lowest BCUT2D eigenvalue weighted by atomic mass is 10.1. The molecule has 244 valence electrons. The van der Waals surface area contributed by atoms with Crippen molar-refractivity contribution in [3.63, 3.8) is 0 Å². The fourth-order valence-corrected chi connectivity index (χ4v) is 7.16. The van der Waals surface area contributed by atoms with Crippen molar-refractivity contribution < 1.29 is 19.5 Å². The number of carbonyl (C=O) groups is 3. The van der Waals surface area contributed by atoms with Gasteiger partial charge in [-0.3, -0.25) is 14.9 Å². The number of fused-ring (bicyclic) bond motifs is 2. The Balaban J connectivity index is 1.14. The van der Waals surface area contributed by atoms with E-state index in [1.54, 1.807) is 47.9 Å². The molecule has 0 aliphatic carbocycles. The predicted molar refractivity (Wildman–Crippen MR) is 186 cm³/mol. The number of aromatic nitrogens is 6. The molecule has 2 N–H and O–H groups in total. The Kier molecular flexibility index (Phi) is 7.80. The lowest BCUT2D eigenvalue weighted by Crippen LogP contribution is -2.47. The Morgan fingerprint density at radius 1 is 0.816 bits per heavy atom. The topological polar surface area (TPSA) is 171 Å². The molecule has 2 amide bonds. The van der Waals surface area contributed by atoms with Crippen LogP contribution in [-0.2, 0) is 9.59 Å². The molecule has 3 aliphatic heterocycles. The summed E-state index contributed by atoms with van der Waals surface area (Å²) in [5.41, 5.74) is 3.76. The number of hydrogen-bond donors (Lipinski definition) is 2. The van der Waals surface area contributed by atoms with Crippen molar-refractivity contribution in [2.24, 2.45) is 0 Å². The van der Waals surface area contributed by atoms with Crippen molar-refractivity contribution in [2.45, 2.75) is 18.9 Å². The monoisotopic (exact) mass is 672 g/mol. The van der Waals surface area contributed by atoms with Gasteiger partial charge in [0.2, 0.25) is 5.95 Å². The molecule has 3 aromatic heterocycles. The van der Waals surface area contributed by atoms with Gasteiger partial charge < -0.3 is 19.8 Å². The van der Waals surface area contributed by atoms with Crippen molar-refractivity contribution >= 4 is 80.4 Å². The summed E-state index contributed by atoms with van der Waals surface area (Å²) in [5.74, 6) is 0.588. The van der Waals surface area contributed by atoms with E-state index in [4.69, 9.17) is 0 Å². The van der Waals surface area contributed by atoms with E-state index in [9.17, 15) is 19.5 Å². The minimum Gasteiger partial charge on any atom is -0.480 e. The molecule has 0 unspecified atom stereocenters. The third-order valence-corrected chi connectivity index (χ3v) is 9.58. The number of thioether (sulfide) groups is 1. The van der Waals surface area contributed by atoms with Crippen LogP contribution in [0, 0.1) is 0 Å². The number of amides is 2.